The molecular formula is C35H50N8O12. The molecule has 3 heterocycles. The predicted molar refractivity (Wildman–Crippen MR) is 190 cm³/mol. The Bertz CT molecular complexity index is 1590. The van der Waals surface area contributed by atoms with Gasteiger partial charge in [0.1, 0.15) is 48.1 Å². The van der Waals surface area contributed by atoms with E-state index in [1.807, 2.05) is 0 Å². The van der Waals surface area contributed by atoms with E-state index in [0.717, 1.165) is 4.90 Å². The highest BCUT2D eigenvalue weighted by molar-refractivity contribution is 5.97. The van der Waals surface area contributed by atoms with Gasteiger partial charge in [-0.15, -0.1) is 0 Å². The van der Waals surface area contributed by atoms with Gasteiger partial charge < -0.3 is 62.5 Å². The third-order valence-corrected chi connectivity index (χ3v) is 10.1. The molecule has 55 heavy (non-hydrogen) atoms. The maximum absolute atomic E-state index is 14.0. The Kier molecular flexibility index (Phi) is 14.9. The van der Waals surface area contributed by atoms with Crippen molar-refractivity contribution < 1.29 is 58.8 Å². The summed E-state index contributed by atoms with van der Waals surface area (Å²) in [6.45, 7) is 1.56. The molecule has 3 saturated heterocycles. The third-order valence-electron chi connectivity index (χ3n) is 10.1. The molecule has 302 valence electrons. The Morgan fingerprint density at radius 3 is 2.13 bits per heavy atom. The van der Waals surface area contributed by atoms with Crippen LogP contribution in [0.2, 0.25) is 0 Å². The van der Waals surface area contributed by atoms with Crippen LogP contribution in [0, 0.1) is 0 Å². The van der Waals surface area contributed by atoms with Crippen molar-refractivity contribution in [2.45, 2.75) is 119 Å². The zero-order valence-electron chi connectivity index (χ0n) is 30.4. The number of fused-ring (bicyclic) bond motifs is 2. The first kappa shape index (κ1) is 42.4. The largest absolute Gasteiger partial charge is 0.508 e. The average Bonchev–Trinajstić information content (AvgIpc) is 3.80. The zero-order chi connectivity index (χ0) is 40.4. The van der Waals surface area contributed by atoms with Gasteiger partial charge in [0.25, 0.3) is 0 Å². The Balaban J connectivity index is 1.73. The quantitative estimate of drug-likeness (QED) is 0.107. The minimum Gasteiger partial charge on any atom is -0.508 e. The van der Waals surface area contributed by atoms with Crippen molar-refractivity contribution >= 4 is 47.8 Å². The molecule has 3 aliphatic heterocycles. The number of aliphatic hydroxyl groups is 3. The summed E-state index contributed by atoms with van der Waals surface area (Å²) in [5, 5.41) is 54.1. The Hall–Kier alpha value is -5.34. The summed E-state index contributed by atoms with van der Waals surface area (Å²) in [5.41, 5.74) is 6.06. The Morgan fingerprint density at radius 1 is 0.818 bits per heavy atom. The number of phenolic OH excluding ortho intramolecular Hbond substituents is 1. The first-order chi connectivity index (χ1) is 26.1. The van der Waals surface area contributed by atoms with Gasteiger partial charge in [0.15, 0.2) is 6.23 Å². The van der Waals surface area contributed by atoms with Crippen LogP contribution in [-0.2, 0) is 44.8 Å². The fourth-order valence-electron chi connectivity index (χ4n) is 7.01. The summed E-state index contributed by atoms with van der Waals surface area (Å²) < 4.78 is 0. The van der Waals surface area contributed by atoms with Gasteiger partial charge in [-0.2, -0.15) is 0 Å². The number of carbonyl (C=O) groups excluding carboxylic acids is 8. The fourth-order valence-corrected chi connectivity index (χ4v) is 7.01. The molecule has 0 aromatic heterocycles. The summed E-state index contributed by atoms with van der Waals surface area (Å²) >= 11 is 0. The van der Waals surface area contributed by atoms with Crippen molar-refractivity contribution in [1.82, 2.24) is 36.4 Å². The summed E-state index contributed by atoms with van der Waals surface area (Å²) in [5.74, 6) is -5.86. The van der Waals surface area contributed by atoms with E-state index in [0.29, 0.717) is 12.0 Å². The summed E-state index contributed by atoms with van der Waals surface area (Å²) in [6.07, 6.45) is -5.79. The highest BCUT2D eigenvalue weighted by Crippen LogP contribution is 2.23. The van der Waals surface area contributed by atoms with Crippen molar-refractivity contribution in [2.75, 3.05) is 13.1 Å². The number of phenols is 1. The second-order valence-electron chi connectivity index (χ2n) is 13.9. The molecule has 0 saturated carbocycles. The van der Waals surface area contributed by atoms with Crippen LogP contribution in [0.1, 0.15) is 63.9 Å². The van der Waals surface area contributed by atoms with E-state index in [4.69, 9.17) is 5.73 Å². The normalized spacial score (nSPS) is 30.2. The summed E-state index contributed by atoms with van der Waals surface area (Å²) in [7, 11) is 0. The van der Waals surface area contributed by atoms with E-state index < -0.39 is 102 Å². The topological polar surface area (TPSA) is 310 Å². The number of amides is 8. The lowest BCUT2D eigenvalue weighted by atomic mass is 10.0. The number of aromatic hydroxyl groups is 1. The lowest BCUT2D eigenvalue weighted by molar-refractivity contribution is -0.146. The third kappa shape index (κ3) is 10.9. The van der Waals surface area contributed by atoms with Crippen LogP contribution in [-0.4, -0.2) is 146 Å². The van der Waals surface area contributed by atoms with Gasteiger partial charge in [-0.1, -0.05) is 19.1 Å². The number of aliphatic hydroxyl groups excluding tert-OH is 3. The number of nitrogens with two attached hydrogens (primary N) is 1. The van der Waals surface area contributed by atoms with Gasteiger partial charge in [0, 0.05) is 25.9 Å². The van der Waals surface area contributed by atoms with Gasteiger partial charge in [-0.25, -0.2) is 0 Å². The van der Waals surface area contributed by atoms with Gasteiger partial charge >= 0.3 is 0 Å². The number of carbonyl (C=O) groups is 8. The molecule has 0 bridgehead atoms. The highest BCUT2D eigenvalue weighted by atomic mass is 16.3. The van der Waals surface area contributed by atoms with Crippen molar-refractivity contribution in [1.29, 1.82) is 0 Å². The minimum absolute atomic E-state index is 0.0107. The standard InChI is InChI=1S/C35H50N8O12/c1-2-20-34(54)42-14-3-4-24(42)31(51)39-21(10-7-18-5-8-19(45)9-6-18)29(49)40-22(11-12-27(36)48)35(55)43-15-13-25(46)28(43)33(53)41-32(52)26(47)16-23(37-17-44)30(50)38-20/h5-6,8-9,17,20-26,28,32,45-47,52H,2-4,7,10-16H2,1H3,(H2,36,48)(H,37,44)(H,38,50)(H,39,51)(H,40,49)(H,41,53)/t20?,21?,22?,23-,24?,25-,26+,28?,32+/m0/s1. The SMILES string of the molecule is CCC1NC(=O)[C@@H](NC=O)C[C@@H](O)[C@@H](O)NC(=O)C2[C@@H](O)CCN2C(=O)C(CCC(N)=O)NC(=O)C(CCc2ccc(O)cc2)NC(=O)C2CCCN2C1=O. The molecule has 9 atom stereocenters. The van der Waals surface area contributed by atoms with Gasteiger partial charge in [-0.05, 0) is 62.6 Å². The van der Waals surface area contributed by atoms with Gasteiger partial charge in [0.05, 0.1) is 6.10 Å². The molecule has 20 heteroatoms. The molecule has 8 amide bonds. The Morgan fingerprint density at radius 2 is 1.47 bits per heavy atom. The lowest BCUT2D eigenvalue weighted by Gasteiger charge is -2.31. The molecule has 0 aliphatic carbocycles. The molecule has 4 rings (SSSR count). The van der Waals surface area contributed by atoms with Crippen LogP contribution in [0.4, 0.5) is 0 Å². The van der Waals surface area contributed by atoms with Crippen LogP contribution in [0.3, 0.4) is 0 Å². The number of nitrogens with zero attached hydrogens (tertiary/aromatic N) is 2. The zero-order valence-corrected chi connectivity index (χ0v) is 30.4. The molecular weight excluding hydrogens is 724 g/mol. The van der Waals surface area contributed by atoms with E-state index in [9.17, 15) is 58.8 Å². The van der Waals surface area contributed by atoms with Crippen molar-refractivity contribution in [2.24, 2.45) is 5.73 Å². The first-order valence-corrected chi connectivity index (χ1v) is 18.3. The number of aryl methyl sites for hydroxylation is 1. The lowest BCUT2D eigenvalue weighted by Crippen LogP contribution is -2.60. The van der Waals surface area contributed by atoms with Crippen molar-refractivity contribution in [3.05, 3.63) is 29.8 Å². The smallest absolute Gasteiger partial charge is 0.247 e. The van der Waals surface area contributed by atoms with E-state index >= 15 is 0 Å². The Labute approximate surface area is 316 Å². The van der Waals surface area contributed by atoms with Crippen LogP contribution in [0.15, 0.2) is 24.3 Å². The second kappa shape index (κ2) is 19.3. The first-order valence-electron chi connectivity index (χ1n) is 18.3. The maximum atomic E-state index is 14.0. The van der Waals surface area contributed by atoms with Crippen molar-refractivity contribution in [3.8, 4) is 5.75 Å². The summed E-state index contributed by atoms with van der Waals surface area (Å²) in [6, 6.07) is -2.04. The number of primary amides is 1. The second-order valence-corrected chi connectivity index (χ2v) is 13.9. The molecule has 3 aliphatic rings. The molecule has 20 nitrogen and oxygen atoms in total. The molecule has 5 unspecified atom stereocenters. The van der Waals surface area contributed by atoms with E-state index in [-0.39, 0.29) is 70.2 Å². The van der Waals surface area contributed by atoms with E-state index in [2.05, 4.69) is 26.6 Å². The van der Waals surface area contributed by atoms with Gasteiger partial charge in [-0.3, -0.25) is 38.4 Å². The molecule has 1 aromatic rings. The summed E-state index contributed by atoms with van der Waals surface area (Å²) in [4.78, 5) is 108. The molecule has 0 radical (unpaired) electrons. The molecule has 1 aromatic carbocycles. The van der Waals surface area contributed by atoms with E-state index in [1.165, 1.54) is 17.0 Å². The molecule has 0 spiro atoms. The number of hydrogen-bond donors (Lipinski definition) is 10. The van der Waals surface area contributed by atoms with Crippen LogP contribution < -0.4 is 32.3 Å². The number of nitrogens with one attached hydrogen (secondary N) is 5. The fraction of sp³-hybridized carbons (Fsp3) is 0.600. The number of rotatable bonds is 9. The van der Waals surface area contributed by atoms with Crippen LogP contribution >= 0.6 is 0 Å². The number of hydrogen-bond acceptors (Lipinski definition) is 12. The van der Waals surface area contributed by atoms with Crippen molar-refractivity contribution in [3.63, 3.8) is 0 Å². The predicted octanol–water partition coefficient (Wildman–Crippen LogP) is -4.28. The molecule has 11 N–H and O–H groups in total. The van der Waals surface area contributed by atoms with Crippen LogP contribution in [0.25, 0.3) is 0 Å². The van der Waals surface area contributed by atoms with E-state index in [1.54, 1.807) is 19.1 Å². The maximum Gasteiger partial charge on any atom is 0.247 e. The highest BCUT2D eigenvalue weighted by Gasteiger charge is 2.45. The molecule has 3 fully saturated rings. The number of benzene rings is 1. The monoisotopic (exact) mass is 774 g/mol. The minimum atomic E-state index is -2.07. The average molecular weight is 775 g/mol. The van der Waals surface area contributed by atoms with Gasteiger partial charge in [0.2, 0.25) is 47.8 Å². The van der Waals surface area contributed by atoms with Crippen LogP contribution in [0.5, 0.6) is 5.75 Å².